The number of nitrogens with one attached hydrogen (secondary N) is 1. The van der Waals surface area contributed by atoms with Gasteiger partial charge in [0.1, 0.15) is 0 Å². The van der Waals surface area contributed by atoms with Gasteiger partial charge in [0.25, 0.3) is 5.91 Å². The van der Waals surface area contributed by atoms with Crippen LogP contribution in [0.3, 0.4) is 0 Å². The van der Waals surface area contributed by atoms with Crippen LogP contribution < -0.4 is 10.2 Å². The quantitative estimate of drug-likeness (QED) is 0.611. The average molecular weight is 432 g/mol. The molecule has 2 aliphatic rings. The fourth-order valence-corrected chi connectivity index (χ4v) is 5.15. The Balaban J connectivity index is 1.37. The number of aryl methyl sites for hydroxylation is 3. The first-order chi connectivity index (χ1) is 14.9. The molecule has 3 aromatic rings. The lowest BCUT2D eigenvalue weighted by atomic mass is 10.1. The van der Waals surface area contributed by atoms with Crippen molar-refractivity contribution in [1.29, 1.82) is 0 Å². The number of fused-ring (bicyclic) bond motifs is 1. The normalized spacial score (nSPS) is 15.1. The van der Waals surface area contributed by atoms with Crippen LogP contribution in [-0.4, -0.2) is 23.3 Å². The van der Waals surface area contributed by atoms with Gasteiger partial charge in [0.15, 0.2) is 5.13 Å². The molecule has 0 saturated heterocycles. The number of hydrogen-bond donors (Lipinski definition) is 1. The van der Waals surface area contributed by atoms with Gasteiger partial charge in [-0.15, -0.1) is 11.3 Å². The topological polar surface area (TPSA) is 62.3 Å². The molecule has 1 aliphatic heterocycles. The molecule has 1 aromatic heterocycles. The number of anilines is 2. The molecule has 5 nitrogen and oxygen atoms in total. The van der Waals surface area contributed by atoms with E-state index >= 15 is 0 Å². The second-order valence-electron chi connectivity index (χ2n) is 8.61. The number of carbonyl (C=O) groups excluding carboxylic acids is 2. The van der Waals surface area contributed by atoms with Crippen molar-refractivity contribution in [2.75, 3.05) is 16.8 Å². The van der Waals surface area contributed by atoms with Crippen molar-refractivity contribution in [3.63, 3.8) is 0 Å². The van der Waals surface area contributed by atoms with Gasteiger partial charge in [0.05, 0.1) is 5.69 Å². The van der Waals surface area contributed by atoms with Gasteiger partial charge < -0.3 is 4.90 Å². The van der Waals surface area contributed by atoms with Gasteiger partial charge in [-0.25, -0.2) is 4.98 Å². The predicted molar refractivity (Wildman–Crippen MR) is 125 cm³/mol. The Morgan fingerprint density at radius 3 is 2.52 bits per heavy atom. The second-order valence-corrected chi connectivity index (χ2v) is 9.82. The lowest BCUT2D eigenvalue weighted by molar-refractivity contribution is -0.119. The lowest BCUT2D eigenvalue weighted by Gasteiger charge is -2.17. The minimum Gasteiger partial charge on any atom is -0.312 e. The van der Waals surface area contributed by atoms with E-state index in [0.29, 0.717) is 10.7 Å². The molecule has 0 radical (unpaired) electrons. The summed E-state index contributed by atoms with van der Waals surface area (Å²) in [5.41, 5.74) is 6.92. The van der Waals surface area contributed by atoms with E-state index in [-0.39, 0.29) is 17.7 Å². The van der Waals surface area contributed by atoms with E-state index in [0.717, 1.165) is 58.8 Å². The number of amides is 2. The summed E-state index contributed by atoms with van der Waals surface area (Å²) in [6.45, 7) is 6.77. The van der Waals surface area contributed by atoms with Crippen LogP contribution in [0.4, 0.5) is 10.8 Å². The Bertz CT molecular complexity index is 1190. The van der Waals surface area contributed by atoms with Crippen LogP contribution in [0.25, 0.3) is 11.3 Å². The van der Waals surface area contributed by atoms with Crippen LogP contribution in [-0.2, 0) is 11.2 Å². The van der Waals surface area contributed by atoms with Gasteiger partial charge >= 0.3 is 0 Å². The van der Waals surface area contributed by atoms with E-state index in [4.69, 9.17) is 4.98 Å². The molecule has 158 valence electrons. The van der Waals surface area contributed by atoms with Crippen LogP contribution in [0.1, 0.15) is 44.8 Å². The largest absolute Gasteiger partial charge is 0.312 e. The number of carbonyl (C=O) groups is 2. The summed E-state index contributed by atoms with van der Waals surface area (Å²) in [6, 6.07) is 12.1. The van der Waals surface area contributed by atoms with Crippen molar-refractivity contribution >= 4 is 34.0 Å². The molecule has 2 amide bonds. The molecule has 1 aliphatic carbocycles. The van der Waals surface area contributed by atoms with Gasteiger partial charge in [0.2, 0.25) is 5.91 Å². The number of rotatable bonds is 4. The summed E-state index contributed by atoms with van der Waals surface area (Å²) in [5, 5.41) is 3.55. The molecule has 0 unspecified atom stereocenters. The number of benzene rings is 2. The molecule has 5 rings (SSSR count). The van der Waals surface area contributed by atoms with Gasteiger partial charge in [-0.3, -0.25) is 14.9 Å². The second kappa shape index (κ2) is 7.61. The Morgan fingerprint density at radius 2 is 1.81 bits per heavy atom. The summed E-state index contributed by atoms with van der Waals surface area (Å²) in [6.07, 6.45) is 2.93. The smallest absolute Gasteiger partial charge is 0.257 e. The van der Waals surface area contributed by atoms with Gasteiger partial charge in [-0.1, -0.05) is 23.3 Å². The molecule has 1 fully saturated rings. The van der Waals surface area contributed by atoms with Crippen molar-refractivity contribution in [2.24, 2.45) is 5.92 Å². The van der Waals surface area contributed by atoms with Crippen molar-refractivity contribution in [1.82, 2.24) is 4.98 Å². The van der Waals surface area contributed by atoms with E-state index in [2.05, 4.69) is 17.4 Å². The summed E-state index contributed by atoms with van der Waals surface area (Å²) < 4.78 is 0. The first kappa shape index (κ1) is 19.9. The zero-order valence-corrected chi connectivity index (χ0v) is 18.8. The molecule has 6 heteroatoms. The van der Waals surface area contributed by atoms with Crippen LogP contribution >= 0.6 is 11.3 Å². The minimum absolute atomic E-state index is 0.143. The van der Waals surface area contributed by atoms with Crippen molar-refractivity contribution in [3.05, 3.63) is 63.5 Å². The molecule has 1 saturated carbocycles. The highest BCUT2D eigenvalue weighted by Crippen LogP contribution is 2.39. The number of thiazole rings is 1. The summed E-state index contributed by atoms with van der Waals surface area (Å²) >= 11 is 1.48. The minimum atomic E-state index is -0.143. The van der Waals surface area contributed by atoms with Crippen LogP contribution in [0, 0.1) is 26.7 Å². The maximum atomic E-state index is 12.7. The molecular weight excluding hydrogens is 406 g/mol. The molecule has 2 aromatic carbocycles. The maximum Gasteiger partial charge on any atom is 0.257 e. The first-order valence-electron chi connectivity index (χ1n) is 10.7. The summed E-state index contributed by atoms with van der Waals surface area (Å²) in [5.74, 6) is 0.359. The van der Waals surface area contributed by atoms with Crippen LogP contribution in [0.2, 0.25) is 0 Å². The van der Waals surface area contributed by atoms with E-state index in [1.807, 2.05) is 49.9 Å². The van der Waals surface area contributed by atoms with Gasteiger partial charge in [0, 0.05) is 34.2 Å². The number of aromatic nitrogens is 1. The molecule has 31 heavy (non-hydrogen) atoms. The van der Waals surface area contributed by atoms with Crippen molar-refractivity contribution in [3.8, 4) is 11.3 Å². The lowest BCUT2D eigenvalue weighted by Crippen LogP contribution is -2.30. The Hall–Kier alpha value is -2.99. The number of nitrogens with zero attached hydrogens (tertiary/aromatic N) is 2. The van der Waals surface area contributed by atoms with E-state index < -0.39 is 0 Å². The third-order valence-corrected chi connectivity index (χ3v) is 6.83. The fraction of sp³-hybridized carbons (Fsp3) is 0.320. The zero-order valence-electron chi connectivity index (χ0n) is 18.0. The molecule has 2 heterocycles. The third-order valence-electron chi connectivity index (χ3n) is 5.94. The first-order valence-corrected chi connectivity index (χ1v) is 11.5. The molecular formula is C25H25N3O2S. The Morgan fingerprint density at radius 1 is 1.06 bits per heavy atom. The SMILES string of the molecule is Cc1cc(C)cc(C(=O)Nc2nc(-c3ccc4c(c3)CCN4C(=O)C3CC3)c(C)s2)c1. The predicted octanol–water partition coefficient (Wildman–Crippen LogP) is 5.29. The van der Waals surface area contributed by atoms with E-state index in [9.17, 15) is 9.59 Å². The van der Waals surface area contributed by atoms with Crippen molar-refractivity contribution < 1.29 is 9.59 Å². The van der Waals surface area contributed by atoms with Gasteiger partial charge in [-0.05, 0) is 69.9 Å². The molecule has 0 spiro atoms. The fourth-order valence-electron chi connectivity index (χ4n) is 4.32. The Kier molecular flexibility index (Phi) is 4.89. The highest BCUT2D eigenvalue weighted by Gasteiger charge is 2.36. The van der Waals surface area contributed by atoms with Crippen molar-refractivity contribution in [2.45, 2.75) is 40.0 Å². The van der Waals surface area contributed by atoms with E-state index in [1.54, 1.807) is 0 Å². The van der Waals surface area contributed by atoms with Crippen LogP contribution in [0.5, 0.6) is 0 Å². The zero-order chi connectivity index (χ0) is 21.7. The number of hydrogen-bond acceptors (Lipinski definition) is 4. The molecule has 1 N–H and O–H groups in total. The summed E-state index contributed by atoms with van der Waals surface area (Å²) in [4.78, 5) is 32.9. The highest BCUT2D eigenvalue weighted by molar-refractivity contribution is 7.16. The molecule has 0 bridgehead atoms. The highest BCUT2D eigenvalue weighted by atomic mass is 32.1. The average Bonchev–Trinajstić information content (AvgIpc) is 3.39. The monoisotopic (exact) mass is 431 g/mol. The van der Waals surface area contributed by atoms with E-state index in [1.165, 1.54) is 16.9 Å². The standard InChI is InChI=1S/C25H25N3O2S/c1-14-10-15(2)12-20(11-14)23(29)27-25-26-22(16(3)31-25)19-6-7-21-18(13-19)8-9-28(21)24(30)17-4-5-17/h6-7,10-13,17H,4-5,8-9H2,1-3H3,(H,26,27,29). The van der Waals surface area contributed by atoms with Gasteiger partial charge in [-0.2, -0.15) is 0 Å². The third kappa shape index (κ3) is 3.88. The van der Waals surface area contributed by atoms with Crippen LogP contribution in [0.15, 0.2) is 36.4 Å². The molecule has 0 atom stereocenters. The Labute approximate surface area is 186 Å². The maximum absolute atomic E-state index is 12.7. The summed E-state index contributed by atoms with van der Waals surface area (Å²) in [7, 11) is 0.